The molecule has 0 saturated heterocycles. The minimum atomic E-state index is -0.468. The highest BCUT2D eigenvalue weighted by atomic mass is 32.1. The molecular formula is C24H20FN3O3S2. The summed E-state index contributed by atoms with van der Waals surface area (Å²) in [6.07, 6.45) is 0.287. The Hall–Kier alpha value is -3.30. The van der Waals surface area contributed by atoms with Crippen LogP contribution in [-0.2, 0) is 17.7 Å². The van der Waals surface area contributed by atoms with Crippen molar-refractivity contribution in [2.75, 3.05) is 18.5 Å². The van der Waals surface area contributed by atoms with Crippen molar-refractivity contribution in [1.29, 1.82) is 0 Å². The van der Waals surface area contributed by atoms with Crippen LogP contribution in [-0.4, -0.2) is 35.0 Å². The Morgan fingerprint density at radius 3 is 2.82 bits per heavy atom. The van der Waals surface area contributed by atoms with Crippen molar-refractivity contribution in [3.8, 4) is 10.6 Å². The van der Waals surface area contributed by atoms with Gasteiger partial charge in [-0.3, -0.25) is 4.79 Å². The Morgan fingerprint density at radius 2 is 2.03 bits per heavy atom. The largest absolute Gasteiger partial charge is 0.450 e. The van der Waals surface area contributed by atoms with Gasteiger partial charge < -0.3 is 15.0 Å². The van der Waals surface area contributed by atoms with Crippen LogP contribution < -0.4 is 5.32 Å². The molecule has 0 radical (unpaired) electrons. The normalized spacial score (nSPS) is 13.1. The number of benzene rings is 2. The molecule has 9 heteroatoms. The molecule has 4 aromatic rings. The number of rotatable bonds is 4. The summed E-state index contributed by atoms with van der Waals surface area (Å²) in [6.45, 7) is 3.03. The lowest BCUT2D eigenvalue weighted by Gasteiger charge is -2.26. The van der Waals surface area contributed by atoms with Crippen molar-refractivity contribution in [2.45, 2.75) is 19.9 Å². The van der Waals surface area contributed by atoms with Crippen LogP contribution in [0.1, 0.15) is 27.7 Å². The van der Waals surface area contributed by atoms with Gasteiger partial charge in [0.2, 0.25) is 0 Å². The molecule has 0 saturated carbocycles. The SMILES string of the molecule is CCOC(=O)N1CCc2c(sc(NC(=O)c3cccc(F)c3)c2-c2nc3ccccc3s2)C1. The van der Waals surface area contributed by atoms with Crippen molar-refractivity contribution in [3.63, 3.8) is 0 Å². The molecule has 1 aliphatic rings. The summed E-state index contributed by atoms with van der Waals surface area (Å²) < 4.78 is 19.9. The molecular weight excluding hydrogens is 461 g/mol. The van der Waals surface area contributed by atoms with Gasteiger partial charge in [0.15, 0.2) is 0 Å². The van der Waals surface area contributed by atoms with Gasteiger partial charge in [-0.15, -0.1) is 22.7 Å². The van der Waals surface area contributed by atoms with E-state index in [9.17, 15) is 14.0 Å². The number of carbonyl (C=O) groups excluding carboxylic acids is 2. The van der Waals surface area contributed by atoms with E-state index in [4.69, 9.17) is 9.72 Å². The number of anilines is 1. The minimum absolute atomic E-state index is 0.241. The second-order valence-electron chi connectivity index (χ2n) is 7.53. The third kappa shape index (κ3) is 4.21. The van der Waals surface area contributed by atoms with Crippen LogP contribution in [0, 0.1) is 5.82 Å². The van der Waals surface area contributed by atoms with E-state index in [1.54, 1.807) is 29.2 Å². The molecule has 0 unspecified atom stereocenters. The van der Waals surface area contributed by atoms with Crippen LogP contribution in [0.2, 0.25) is 0 Å². The second-order valence-corrected chi connectivity index (χ2v) is 9.67. The second kappa shape index (κ2) is 8.92. The van der Waals surface area contributed by atoms with Gasteiger partial charge in [0, 0.05) is 22.5 Å². The van der Waals surface area contributed by atoms with Gasteiger partial charge in [0.25, 0.3) is 5.91 Å². The van der Waals surface area contributed by atoms with Gasteiger partial charge >= 0.3 is 6.09 Å². The average Bonchev–Trinajstić information content (AvgIpc) is 3.39. The molecule has 33 heavy (non-hydrogen) atoms. The lowest BCUT2D eigenvalue weighted by molar-refractivity contribution is 0.102. The van der Waals surface area contributed by atoms with Crippen LogP contribution in [0.4, 0.5) is 14.2 Å². The maximum absolute atomic E-state index is 13.7. The summed E-state index contributed by atoms with van der Waals surface area (Å²) in [5.41, 5.74) is 3.09. The predicted molar refractivity (Wildman–Crippen MR) is 128 cm³/mol. The van der Waals surface area contributed by atoms with Crippen molar-refractivity contribution in [3.05, 3.63) is 70.4 Å². The van der Waals surface area contributed by atoms with E-state index in [1.165, 1.54) is 29.5 Å². The van der Waals surface area contributed by atoms with Crippen molar-refractivity contribution >= 4 is 49.9 Å². The third-order valence-electron chi connectivity index (χ3n) is 5.40. The fourth-order valence-corrected chi connectivity index (χ4v) is 6.24. The molecule has 5 rings (SSSR count). The summed E-state index contributed by atoms with van der Waals surface area (Å²) >= 11 is 2.99. The average molecular weight is 482 g/mol. The molecule has 2 amide bonds. The summed E-state index contributed by atoms with van der Waals surface area (Å²) in [7, 11) is 0. The molecule has 0 bridgehead atoms. The number of fused-ring (bicyclic) bond motifs is 2. The number of ether oxygens (including phenoxy) is 1. The van der Waals surface area contributed by atoms with E-state index in [1.807, 2.05) is 24.3 Å². The molecule has 1 N–H and O–H groups in total. The molecule has 0 aliphatic carbocycles. The summed E-state index contributed by atoms with van der Waals surface area (Å²) in [4.78, 5) is 32.7. The zero-order valence-corrected chi connectivity index (χ0v) is 19.4. The van der Waals surface area contributed by atoms with Crippen molar-refractivity contribution in [1.82, 2.24) is 9.88 Å². The van der Waals surface area contributed by atoms with Crippen LogP contribution in [0.15, 0.2) is 48.5 Å². The van der Waals surface area contributed by atoms with E-state index in [0.29, 0.717) is 31.1 Å². The summed E-state index contributed by atoms with van der Waals surface area (Å²) in [5, 5.41) is 4.43. The van der Waals surface area contributed by atoms with E-state index < -0.39 is 11.7 Å². The first-order valence-corrected chi connectivity index (χ1v) is 12.2. The number of amides is 2. The monoisotopic (exact) mass is 481 g/mol. The fraction of sp³-hybridized carbons (Fsp3) is 0.208. The van der Waals surface area contributed by atoms with Crippen molar-refractivity contribution < 1.29 is 18.7 Å². The van der Waals surface area contributed by atoms with Gasteiger partial charge in [0.1, 0.15) is 15.8 Å². The highest BCUT2D eigenvalue weighted by molar-refractivity contribution is 7.23. The first kappa shape index (κ1) is 21.5. The Balaban J connectivity index is 1.56. The smallest absolute Gasteiger partial charge is 0.410 e. The summed E-state index contributed by atoms with van der Waals surface area (Å²) in [5.74, 6) is -0.859. The van der Waals surface area contributed by atoms with Gasteiger partial charge in [-0.1, -0.05) is 18.2 Å². The topological polar surface area (TPSA) is 71.5 Å². The van der Waals surface area contributed by atoms with Crippen LogP contribution in [0.3, 0.4) is 0 Å². The van der Waals surface area contributed by atoms with Crippen LogP contribution in [0.5, 0.6) is 0 Å². The van der Waals surface area contributed by atoms with Crippen LogP contribution in [0.25, 0.3) is 20.8 Å². The first-order chi connectivity index (χ1) is 16.0. The Kier molecular flexibility index (Phi) is 5.82. The fourth-order valence-electron chi connectivity index (χ4n) is 3.87. The molecule has 6 nitrogen and oxygen atoms in total. The predicted octanol–water partition coefficient (Wildman–Crippen LogP) is 5.93. The molecule has 0 spiro atoms. The maximum atomic E-state index is 13.7. The number of nitrogens with one attached hydrogen (secondary N) is 1. The zero-order chi connectivity index (χ0) is 22.9. The number of carbonyl (C=O) groups is 2. The number of hydrogen-bond donors (Lipinski definition) is 1. The Bertz CT molecular complexity index is 1330. The standard InChI is InChI=1S/C24H20FN3O3S2/c1-2-31-24(30)28-11-10-16-19(13-28)33-23(27-21(29)14-6-5-7-15(25)12-14)20(16)22-26-17-8-3-4-9-18(17)32-22/h3-9,12H,2,10-11,13H2,1H3,(H,27,29). The number of thiophene rings is 1. The number of aromatic nitrogens is 1. The third-order valence-corrected chi connectivity index (χ3v) is 7.59. The molecule has 3 heterocycles. The highest BCUT2D eigenvalue weighted by Gasteiger charge is 2.30. The van der Waals surface area contributed by atoms with Gasteiger partial charge in [0.05, 0.1) is 23.4 Å². The van der Waals surface area contributed by atoms with E-state index in [-0.39, 0.29) is 11.7 Å². The van der Waals surface area contributed by atoms with E-state index in [2.05, 4.69) is 5.32 Å². The van der Waals surface area contributed by atoms with Gasteiger partial charge in [-0.2, -0.15) is 0 Å². The van der Waals surface area contributed by atoms with Gasteiger partial charge in [-0.25, -0.2) is 14.2 Å². The van der Waals surface area contributed by atoms with Crippen LogP contribution >= 0.6 is 22.7 Å². The van der Waals surface area contributed by atoms with E-state index in [0.717, 1.165) is 31.2 Å². The number of nitrogens with zero attached hydrogens (tertiary/aromatic N) is 2. The minimum Gasteiger partial charge on any atom is -0.450 e. The Morgan fingerprint density at radius 1 is 1.18 bits per heavy atom. The van der Waals surface area contributed by atoms with Gasteiger partial charge in [-0.05, 0) is 49.2 Å². The van der Waals surface area contributed by atoms with Crippen molar-refractivity contribution in [2.24, 2.45) is 0 Å². The zero-order valence-electron chi connectivity index (χ0n) is 17.8. The molecule has 1 aliphatic heterocycles. The highest BCUT2D eigenvalue weighted by Crippen LogP contribution is 2.45. The Labute approximate surface area is 197 Å². The number of halogens is 1. The molecule has 2 aromatic carbocycles. The summed E-state index contributed by atoms with van der Waals surface area (Å²) in [6, 6.07) is 13.5. The van der Waals surface area contributed by atoms with E-state index >= 15 is 0 Å². The first-order valence-electron chi connectivity index (χ1n) is 10.5. The quantitative estimate of drug-likeness (QED) is 0.392. The maximum Gasteiger partial charge on any atom is 0.410 e. The molecule has 0 atom stereocenters. The molecule has 2 aromatic heterocycles. The lowest BCUT2D eigenvalue weighted by Crippen LogP contribution is -2.35. The molecule has 0 fully saturated rings. The molecule has 168 valence electrons. The number of para-hydroxylation sites is 1. The number of thiazole rings is 1. The lowest BCUT2D eigenvalue weighted by atomic mass is 10.0. The number of hydrogen-bond acceptors (Lipinski definition) is 6.